The largest absolute Gasteiger partial charge is 0.481 e. The zero-order valence-electron chi connectivity index (χ0n) is 10.1. The first kappa shape index (κ1) is 13.5. The van der Waals surface area contributed by atoms with Crippen molar-refractivity contribution in [2.45, 2.75) is 0 Å². The second-order valence-electron chi connectivity index (χ2n) is 3.50. The summed E-state index contributed by atoms with van der Waals surface area (Å²) in [6.45, 7) is 0. The molecule has 100 valence electrons. The van der Waals surface area contributed by atoms with Crippen LogP contribution in [-0.4, -0.2) is 24.2 Å². The molecule has 0 spiro atoms. The van der Waals surface area contributed by atoms with Gasteiger partial charge in [0.2, 0.25) is 5.88 Å². The number of benzene rings is 1. The first-order chi connectivity index (χ1) is 9.06. The van der Waals surface area contributed by atoms with Crippen molar-refractivity contribution < 1.29 is 18.3 Å². The Bertz CT molecular complexity index is 601. The molecule has 0 atom stereocenters. The summed E-state index contributed by atoms with van der Waals surface area (Å²) in [5.74, 6) is -1.95. The maximum atomic E-state index is 13.8. The lowest BCUT2D eigenvalue weighted by Gasteiger charge is -2.09. The lowest BCUT2D eigenvalue weighted by atomic mass is 10.1. The molecule has 0 amide bonds. The smallest absolute Gasteiger partial charge is 0.320 e. The van der Waals surface area contributed by atoms with E-state index in [1.165, 1.54) is 26.4 Å². The van der Waals surface area contributed by atoms with E-state index in [1.807, 2.05) is 0 Å². The molecule has 0 N–H and O–H groups in total. The number of aromatic nitrogens is 2. The Morgan fingerprint density at radius 1 is 1.11 bits per heavy atom. The van der Waals surface area contributed by atoms with Crippen molar-refractivity contribution in [2.75, 3.05) is 14.2 Å². The number of rotatable bonds is 3. The predicted molar refractivity (Wildman–Crippen MR) is 65.5 cm³/mol. The van der Waals surface area contributed by atoms with Gasteiger partial charge in [0.05, 0.1) is 30.5 Å². The van der Waals surface area contributed by atoms with E-state index in [4.69, 9.17) is 21.1 Å². The minimum Gasteiger partial charge on any atom is -0.481 e. The molecule has 2 aromatic rings. The van der Waals surface area contributed by atoms with Gasteiger partial charge in [0.25, 0.3) is 0 Å². The summed E-state index contributed by atoms with van der Waals surface area (Å²) >= 11 is 5.88. The molecule has 0 aliphatic carbocycles. The van der Waals surface area contributed by atoms with Crippen LogP contribution in [0.15, 0.2) is 18.2 Å². The van der Waals surface area contributed by atoms with Crippen molar-refractivity contribution in [1.82, 2.24) is 9.97 Å². The average molecular weight is 287 g/mol. The van der Waals surface area contributed by atoms with Gasteiger partial charge in [-0.2, -0.15) is 9.97 Å². The fraction of sp³-hybridized carbons (Fsp3) is 0.167. The Kier molecular flexibility index (Phi) is 3.80. The Morgan fingerprint density at radius 3 is 2.47 bits per heavy atom. The zero-order chi connectivity index (χ0) is 14.0. The minimum atomic E-state index is -1.09. The highest BCUT2D eigenvalue weighted by atomic mass is 35.5. The third kappa shape index (κ3) is 2.58. The van der Waals surface area contributed by atoms with Gasteiger partial charge in [-0.15, -0.1) is 0 Å². The van der Waals surface area contributed by atoms with Crippen LogP contribution in [0.4, 0.5) is 8.78 Å². The van der Waals surface area contributed by atoms with Crippen molar-refractivity contribution >= 4 is 11.6 Å². The molecular weight excluding hydrogens is 278 g/mol. The molecule has 0 unspecified atom stereocenters. The van der Waals surface area contributed by atoms with Crippen molar-refractivity contribution in [2.24, 2.45) is 0 Å². The standard InChI is InChI=1S/C12H9ClF2N2O2/c1-18-9-5-8(16-12(17-9)19-2)10-6(13)3-4-7(14)11(10)15/h3-5H,1-2H3. The van der Waals surface area contributed by atoms with Gasteiger partial charge in [0, 0.05) is 6.07 Å². The van der Waals surface area contributed by atoms with E-state index >= 15 is 0 Å². The molecule has 19 heavy (non-hydrogen) atoms. The Balaban J connectivity index is 2.68. The van der Waals surface area contributed by atoms with Gasteiger partial charge in [-0.1, -0.05) is 11.6 Å². The number of hydrogen-bond donors (Lipinski definition) is 0. The van der Waals surface area contributed by atoms with Crippen LogP contribution in [0.3, 0.4) is 0 Å². The van der Waals surface area contributed by atoms with E-state index < -0.39 is 11.6 Å². The van der Waals surface area contributed by atoms with Crippen LogP contribution in [0.2, 0.25) is 5.02 Å². The molecule has 1 heterocycles. The van der Waals surface area contributed by atoms with Gasteiger partial charge in [-0.3, -0.25) is 0 Å². The maximum Gasteiger partial charge on any atom is 0.320 e. The molecule has 2 rings (SSSR count). The highest BCUT2D eigenvalue weighted by Crippen LogP contribution is 2.32. The van der Waals surface area contributed by atoms with Gasteiger partial charge in [-0.25, -0.2) is 8.78 Å². The van der Waals surface area contributed by atoms with Crippen molar-refractivity contribution in [1.29, 1.82) is 0 Å². The molecule has 0 radical (unpaired) electrons. The lowest BCUT2D eigenvalue weighted by Crippen LogP contribution is -1.99. The highest BCUT2D eigenvalue weighted by molar-refractivity contribution is 6.33. The van der Waals surface area contributed by atoms with E-state index in [2.05, 4.69) is 9.97 Å². The average Bonchev–Trinajstić information content (AvgIpc) is 2.43. The summed E-state index contributed by atoms with van der Waals surface area (Å²) < 4.78 is 36.9. The van der Waals surface area contributed by atoms with E-state index in [0.29, 0.717) is 0 Å². The second kappa shape index (κ2) is 5.36. The summed E-state index contributed by atoms with van der Waals surface area (Å²) in [6.07, 6.45) is 0. The first-order valence-electron chi connectivity index (χ1n) is 5.17. The number of halogens is 3. The third-order valence-corrected chi connectivity index (χ3v) is 2.69. The normalized spacial score (nSPS) is 10.4. The lowest BCUT2D eigenvalue weighted by molar-refractivity contribution is 0.352. The van der Waals surface area contributed by atoms with E-state index in [1.54, 1.807) is 0 Å². The van der Waals surface area contributed by atoms with Crippen molar-refractivity contribution in [3.05, 3.63) is 34.9 Å². The molecule has 0 aliphatic heterocycles. The molecule has 0 saturated carbocycles. The van der Waals surface area contributed by atoms with Gasteiger partial charge in [0.1, 0.15) is 0 Å². The van der Waals surface area contributed by atoms with Crippen LogP contribution in [-0.2, 0) is 0 Å². The topological polar surface area (TPSA) is 44.2 Å². The highest BCUT2D eigenvalue weighted by Gasteiger charge is 2.18. The van der Waals surface area contributed by atoms with Crippen molar-refractivity contribution in [3.63, 3.8) is 0 Å². The molecule has 7 heteroatoms. The molecule has 1 aromatic heterocycles. The Morgan fingerprint density at radius 2 is 1.84 bits per heavy atom. The van der Waals surface area contributed by atoms with Gasteiger partial charge in [-0.05, 0) is 12.1 Å². The number of nitrogens with zero attached hydrogens (tertiary/aromatic N) is 2. The SMILES string of the molecule is COc1cc(-c2c(Cl)ccc(F)c2F)nc(OC)n1. The first-order valence-corrected chi connectivity index (χ1v) is 5.55. The fourth-order valence-electron chi connectivity index (χ4n) is 1.49. The van der Waals surface area contributed by atoms with Crippen molar-refractivity contribution in [3.8, 4) is 23.1 Å². The number of hydrogen-bond acceptors (Lipinski definition) is 4. The molecule has 0 aliphatic rings. The monoisotopic (exact) mass is 286 g/mol. The molecule has 0 bridgehead atoms. The quantitative estimate of drug-likeness (QED) is 0.813. The van der Waals surface area contributed by atoms with Crippen LogP contribution in [0, 0.1) is 11.6 Å². The van der Waals surface area contributed by atoms with Crippen LogP contribution in [0.25, 0.3) is 11.3 Å². The van der Waals surface area contributed by atoms with Crippen LogP contribution < -0.4 is 9.47 Å². The third-order valence-electron chi connectivity index (χ3n) is 2.37. The summed E-state index contributed by atoms with van der Waals surface area (Å²) in [7, 11) is 2.73. The molecule has 0 fully saturated rings. The Labute approximate surface area is 113 Å². The van der Waals surface area contributed by atoms with E-state index in [-0.39, 0.29) is 28.2 Å². The van der Waals surface area contributed by atoms with Gasteiger partial charge >= 0.3 is 6.01 Å². The zero-order valence-corrected chi connectivity index (χ0v) is 10.8. The number of ether oxygens (including phenoxy) is 2. The van der Waals surface area contributed by atoms with Crippen LogP contribution in [0.5, 0.6) is 11.9 Å². The molecule has 1 aromatic carbocycles. The second-order valence-corrected chi connectivity index (χ2v) is 3.91. The van der Waals surface area contributed by atoms with Gasteiger partial charge < -0.3 is 9.47 Å². The van der Waals surface area contributed by atoms with Crippen LogP contribution >= 0.6 is 11.6 Å². The van der Waals surface area contributed by atoms with Crippen LogP contribution in [0.1, 0.15) is 0 Å². The summed E-state index contributed by atoms with van der Waals surface area (Å²) in [5.41, 5.74) is -0.0913. The number of methoxy groups -OCH3 is 2. The summed E-state index contributed by atoms with van der Waals surface area (Å²) in [6, 6.07) is 3.49. The van der Waals surface area contributed by atoms with E-state index in [9.17, 15) is 8.78 Å². The van der Waals surface area contributed by atoms with Gasteiger partial charge in [0.15, 0.2) is 11.6 Å². The maximum absolute atomic E-state index is 13.8. The summed E-state index contributed by atoms with van der Waals surface area (Å²) in [4.78, 5) is 7.79. The fourth-order valence-corrected chi connectivity index (χ4v) is 1.73. The molecule has 0 saturated heterocycles. The minimum absolute atomic E-state index is 0.0294. The molecule has 4 nitrogen and oxygen atoms in total. The Hall–Kier alpha value is -1.95. The summed E-state index contributed by atoms with van der Waals surface area (Å²) in [5, 5.41) is 0.0294. The predicted octanol–water partition coefficient (Wildman–Crippen LogP) is 3.09. The van der Waals surface area contributed by atoms with E-state index in [0.717, 1.165) is 6.07 Å². The molecular formula is C12H9ClF2N2O2.